The van der Waals surface area contributed by atoms with Crippen LogP contribution in [0, 0.1) is 16.5 Å². The first-order chi connectivity index (χ1) is 14.4. The summed E-state index contributed by atoms with van der Waals surface area (Å²) in [6.07, 6.45) is 1.45. The van der Waals surface area contributed by atoms with Gasteiger partial charge in [-0.15, -0.1) is 0 Å². The molecule has 156 valence electrons. The van der Waals surface area contributed by atoms with Crippen LogP contribution in [0.4, 0.5) is 4.39 Å². The fourth-order valence-electron chi connectivity index (χ4n) is 3.95. The fraction of sp³-hybridized carbons (Fsp3) is 0.318. The molecule has 0 radical (unpaired) electrons. The molecule has 30 heavy (non-hydrogen) atoms. The number of phenolic OH excluding ortho intramolecular Hbond substituents is 1. The predicted octanol–water partition coefficient (Wildman–Crippen LogP) is 3.50. The van der Waals surface area contributed by atoms with Crippen molar-refractivity contribution in [3.05, 3.63) is 69.0 Å². The molecule has 0 atom stereocenters. The van der Waals surface area contributed by atoms with Gasteiger partial charge in [0.15, 0.2) is 10.6 Å². The number of ketones is 1. The van der Waals surface area contributed by atoms with Gasteiger partial charge in [-0.3, -0.25) is 14.2 Å². The Morgan fingerprint density at radius 1 is 1.13 bits per heavy atom. The molecule has 1 saturated heterocycles. The molecular weight excluding hydrogens is 405 g/mol. The van der Waals surface area contributed by atoms with Gasteiger partial charge in [0.2, 0.25) is 0 Å². The van der Waals surface area contributed by atoms with Crippen LogP contribution in [0.25, 0.3) is 10.9 Å². The van der Waals surface area contributed by atoms with E-state index in [4.69, 9.17) is 12.2 Å². The second-order valence-corrected chi connectivity index (χ2v) is 7.99. The number of aromatic nitrogens is 2. The Hall–Kier alpha value is -2.84. The van der Waals surface area contributed by atoms with Crippen molar-refractivity contribution in [3.63, 3.8) is 0 Å². The van der Waals surface area contributed by atoms with E-state index in [-0.39, 0.29) is 28.8 Å². The zero-order chi connectivity index (χ0) is 21.3. The minimum absolute atomic E-state index is 0.0320. The molecule has 2 heterocycles. The normalized spacial score (nSPS) is 15.5. The van der Waals surface area contributed by atoms with E-state index < -0.39 is 0 Å². The van der Waals surface area contributed by atoms with Gasteiger partial charge in [0, 0.05) is 24.6 Å². The van der Waals surface area contributed by atoms with Gasteiger partial charge in [-0.25, -0.2) is 4.39 Å². The topological polar surface area (TPSA) is 78.3 Å². The van der Waals surface area contributed by atoms with Crippen LogP contribution in [0.1, 0.15) is 23.2 Å². The summed E-state index contributed by atoms with van der Waals surface area (Å²) in [5.74, 6) is -0.327. The summed E-state index contributed by atoms with van der Waals surface area (Å²) in [5.41, 5.74) is 0.914. The lowest BCUT2D eigenvalue weighted by Crippen LogP contribution is -2.39. The van der Waals surface area contributed by atoms with Crippen LogP contribution in [0.5, 0.6) is 5.75 Å². The van der Waals surface area contributed by atoms with Crippen molar-refractivity contribution in [2.24, 2.45) is 5.92 Å². The Kier molecular flexibility index (Phi) is 5.78. The Labute approximate surface area is 177 Å². The highest BCUT2D eigenvalue weighted by Gasteiger charge is 2.25. The summed E-state index contributed by atoms with van der Waals surface area (Å²) in [7, 11) is 0. The van der Waals surface area contributed by atoms with E-state index in [2.05, 4.69) is 9.88 Å². The zero-order valence-corrected chi connectivity index (χ0v) is 17.1. The second kappa shape index (κ2) is 8.49. The van der Waals surface area contributed by atoms with E-state index in [9.17, 15) is 19.1 Å². The van der Waals surface area contributed by atoms with Gasteiger partial charge in [-0.05, 0) is 80.6 Å². The minimum Gasteiger partial charge on any atom is -0.508 e. The molecule has 8 heteroatoms. The number of benzene rings is 2. The van der Waals surface area contributed by atoms with Gasteiger partial charge in [0.05, 0.1) is 10.9 Å². The number of halogens is 1. The van der Waals surface area contributed by atoms with Crippen molar-refractivity contribution in [1.82, 2.24) is 14.5 Å². The van der Waals surface area contributed by atoms with Crippen molar-refractivity contribution >= 4 is 28.9 Å². The number of H-pyrrole nitrogens is 1. The maximum absolute atomic E-state index is 13.1. The third-order valence-corrected chi connectivity index (χ3v) is 6.01. The Bertz CT molecular complexity index is 1190. The molecule has 1 fully saturated rings. The number of carbonyl (C=O) groups is 1. The number of phenols is 1. The van der Waals surface area contributed by atoms with Crippen molar-refractivity contribution in [2.45, 2.75) is 19.4 Å². The summed E-state index contributed by atoms with van der Waals surface area (Å²) in [6, 6.07) is 10.3. The molecule has 0 aliphatic carbocycles. The average molecular weight is 428 g/mol. The Morgan fingerprint density at radius 2 is 1.83 bits per heavy atom. The number of nitrogens with one attached hydrogen (secondary N) is 1. The van der Waals surface area contributed by atoms with Crippen LogP contribution in [-0.2, 0) is 6.54 Å². The minimum atomic E-state index is -0.348. The van der Waals surface area contributed by atoms with Gasteiger partial charge in [-0.2, -0.15) is 0 Å². The molecule has 1 aromatic heterocycles. The number of piperidine rings is 1. The van der Waals surface area contributed by atoms with Crippen molar-refractivity contribution in [1.29, 1.82) is 0 Å². The van der Waals surface area contributed by atoms with E-state index in [1.807, 2.05) is 0 Å². The molecule has 0 spiro atoms. The highest BCUT2D eigenvalue weighted by molar-refractivity contribution is 7.71. The van der Waals surface area contributed by atoms with Crippen LogP contribution in [-0.4, -0.2) is 45.0 Å². The number of hydrogen-bond acceptors (Lipinski definition) is 5. The van der Waals surface area contributed by atoms with E-state index in [0.717, 1.165) is 25.9 Å². The van der Waals surface area contributed by atoms with Crippen LogP contribution in [0.2, 0.25) is 0 Å². The molecule has 3 aromatic rings. The van der Waals surface area contributed by atoms with Crippen molar-refractivity contribution < 1.29 is 14.3 Å². The summed E-state index contributed by atoms with van der Waals surface area (Å²) in [5, 5.41) is 10.1. The molecule has 4 rings (SSSR count). The number of fused-ring (bicyclic) bond motifs is 1. The molecule has 1 aliphatic heterocycles. The number of rotatable bonds is 5. The fourth-order valence-corrected chi connectivity index (χ4v) is 4.24. The number of Topliss-reactive ketones (excluding diaryl/α,β-unsaturated/α-hetero) is 1. The number of likely N-dealkylation sites (tertiary alicyclic amines) is 1. The number of aromatic amines is 1. The van der Waals surface area contributed by atoms with E-state index in [1.165, 1.54) is 41.0 Å². The van der Waals surface area contributed by atoms with Gasteiger partial charge >= 0.3 is 0 Å². The molecule has 2 N–H and O–H groups in total. The monoisotopic (exact) mass is 427 g/mol. The first-order valence-electron chi connectivity index (χ1n) is 9.90. The largest absolute Gasteiger partial charge is 0.508 e. The lowest BCUT2D eigenvalue weighted by molar-refractivity contribution is 0.0837. The number of hydrogen-bond donors (Lipinski definition) is 2. The summed E-state index contributed by atoms with van der Waals surface area (Å²) in [6.45, 7) is 2.56. The third kappa shape index (κ3) is 4.20. The van der Waals surface area contributed by atoms with Gasteiger partial charge in [-0.1, -0.05) is 0 Å². The summed E-state index contributed by atoms with van der Waals surface area (Å²) >= 11 is 5.34. The Morgan fingerprint density at radius 3 is 2.53 bits per heavy atom. The first kappa shape index (κ1) is 20.4. The maximum atomic E-state index is 13.1. The Balaban J connectivity index is 1.39. The van der Waals surface area contributed by atoms with Crippen LogP contribution >= 0.6 is 12.2 Å². The van der Waals surface area contributed by atoms with Crippen LogP contribution in [0.3, 0.4) is 0 Å². The van der Waals surface area contributed by atoms with Crippen LogP contribution < -0.4 is 5.56 Å². The number of aromatic hydroxyl groups is 1. The molecule has 0 unspecified atom stereocenters. The molecular formula is C22H22FN3O3S. The van der Waals surface area contributed by atoms with Gasteiger partial charge in [0.25, 0.3) is 5.56 Å². The molecule has 0 saturated carbocycles. The lowest BCUT2D eigenvalue weighted by Gasteiger charge is -2.31. The average Bonchev–Trinajstić information content (AvgIpc) is 2.75. The zero-order valence-electron chi connectivity index (χ0n) is 16.3. The molecule has 0 bridgehead atoms. The highest BCUT2D eigenvalue weighted by Crippen LogP contribution is 2.22. The standard InChI is InChI=1S/C22H22FN3O3S/c23-16-3-1-14(2-4-16)20(28)15-7-9-25(10-8-15)11-12-26-21(29)18-13-17(27)5-6-19(18)24-22(26)30/h1-6,13,15,27H,7-12H2,(H,24,30). The maximum Gasteiger partial charge on any atom is 0.262 e. The lowest BCUT2D eigenvalue weighted by atomic mass is 9.89. The molecule has 2 aromatic carbocycles. The van der Waals surface area contributed by atoms with Gasteiger partial charge < -0.3 is 15.0 Å². The van der Waals surface area contributed by atoms with Crippen molar-refractivity contribution in [2.75, 3.05) is 19.6 Å². The first-order valence-corrected chi connectivity index (χ1v) is 10.3. The highest BCUT2D eigenvalue weighted by atomic mass is 32.1. The predicted molar refractivity (Wildman–Crippen MR) is 115 cm³/mol. The number of nitrogens with zero attached hydrogens (tertiary/aromatic N) is 2. The molecule has 0 amide bonds. The molecule has 1 aliphatic rings. The summed E-state index contributed by atoms with van der Waals surface area (Å²) in [4.78, 5) is 30.6. The van der Waals surface area contributed by atoms with E-state index >= 15 is 0 Å². The smallest absolute Gasteiger partial charge is 0.262 e. The van der Waals surface area contributed by atoms with E-state index in [1.54, 1.807) is 6.07 Å². The summed E-state index contributed by atoms with van der Waals surface area (Å²) < 4.78 is 14.9. The number of carbonyl (C=O) groups excluding carboxylic acids is 1. The SMILES string of the molecule is O=C(c1ccc(F)cc1)C1CCN(CCn2c(=S)[nH]c3ccc(O)cc3c2=O)CC1. The van der Waals surface area contributed by atoms with E-state index in [0.29, 0.717) is 34.3 Å². The third-order valence-electron chi connectivity index (χ3n) is 5.69. The van der Waals surface area contributed by atoms with Crippen molar-refractivity contribution in [3.8, 4) is 5.75 Å². The second-order valence-electron chi connectivity index (χ2n) is 7.60. The van der Waals surface area contributed by atoms with Gasteiger partial charge in [0.1, 0.15) is 11.6 Å². The quantitative estimate of drug-likeness (QED) is 0.481. The van der Waals surface area contributed by atoms with Crippen LogP contribution in [0.15, 0.2) is 47.3 Å². The molecule has 6 nitrogen and oxygen atoms in total.